The number of imidazole rings is 1. The van der Waals surface area contributed by atoms with Crippen LogP contribution >= 0.6 is 0 Å². The molecule has 0 spiro atoms. The second kappa shape index (κ2) is 10.7. The molecule has 0 amide bonds. The minimum atomic E-state index is -1.31. The van der Waals surface area contributed by atoms with E-state index in [9.17, 15) is 15.3 Å². The number of nitrogens with two attached hydrogens (primary N) is 2. The molecule has 12 heteroatoms. The van der Waals surface area contributed by atoms with Gasteiger partial charge < -0.3 is 41.6 Å². The number of rotatable bonds is 9. The zero-order valence-corrected chi connectivity index (χ0v) is 19.9. The van der Waals surface area contributed by atoms with E-state index in [-0.39, 0.29) is 5.82 Å². The molecule has 12 nitrogen and oxygen atoms in total. The van der Waals surface area contributed by atoms with Crippen LogP contribution in [0.4, 0.5) is 11.8 Å². The van der Waals surface area contributed by atoms with Crippen molar-refractivity contribution in [3.05, 3.63) is 60.4 Å². The van der Waals surface area contributed by atoms with Gasteiger partial charge in [-0.2, -0.15) is 0 Å². The summed E-state index contributed by atoms with van der Waals surface area (Å²) in [4.78, 5) is 12.8. The summed E-state index contributed by atoms with van der Waals surface area (Å²) in [5, 5.41) is 33.7. The maximum absolute atomic E-state index is 10.6. The normalized spacial score (nSPS) is 21.4. The second-order valence-corrected chi connectivity index (χ2v) is 8.68. The molecule has 0 aliphatic carbocycles. The van der Waals surface area contributed by atoms with Crippen molar-refractivity contribution in [1.82, 2.24) is 19.5 Å². The molecular weight excluding hydrogens is 478 g/mol. The number of aliphatic hydroxyl groups is 3. The minimum Gasteiger partial charge on any atom is -0.492 e. The van der Waals surface area contributed by atoms with Crippen molar-refractivity contribution in [2.24, 2.45) is 5.73 Å². The number of aliphatic hydroxyl groups excluding tert-OH is 3. The van der Waals surface area contributed by atoms with Crippen LogP contribution in [0.5, 0.6) is 5.75 Å². The summed E-state index contributed by atoms with van der Waals surface area (Å²) in [6.45, 7) is 0.854. The lowest BCUT2D eigenvalue weighted by molar-refractivity contribution is -0.0501. The molecule has 1 aliphatic heterocycles. The van der Waals surface area contributed by atoms with Crippen LogP contribution in [-0.4, -0.2) is 72.9 Å². The molecule has 5 rings (SSSR count). The Bertz CT molecular complexity index is 1360. The Morgan fingerprint density at radius 2 is 1.86 bits per heavy atom. The first kappa shape index (κ1) is 24.9. The summed E-state index contributed by atoms with van der Waals surface area (Å²) in [6, 6.07) is 15.8. The van der Waals surface area contributed by atoms with Crippen molar-refractivity contribution in [2.75, 3.05) is 30.8 Å². The molecule has 1 fully saturated rings. The number of fused-ring (bicyclic) bond motifs is 1. The number of ether oxygens (including phenoxy) is 2. The van der Waals surface area contributed by atoms with Crippen molar-refractivity contribution < 1.29 is 24.8 Å². The lowest BCUT2D eigenvalue weighted by atomic mass is 10.0. The molecule has 194 valence electrons. The Morgan fingerprint density at radius 3 is 2.59 bits per heavy atom. The quantitative estimate of drug-likeness (QED) is 0.187. The molecule has 2 aromatic heterocycles. The molecule has 3 heterocycles. The van der Waals surface area contributed by atoms with Crippen LogP contribution < -0.4 is 21.5 Å². The Balaban J connectivity index is 1.38. The van der Waals surface area contributed by atoms with Gasteiger partial charge in [0.15, 0.2) is 23.2 Å². The maximum Gasteiger partial charge on any atom is 0.207 e. The second-order valence-electron chi connectivity index (χ2n) is 8.68. The summed E-state index contributed by atoms with van der Waals surface area (Å²) in [7, 11) is 0. The number of hydrogen-bond acceptors (Lipinski definition) is 11. The van der Waals surface area contributed by atoms with Crippen LogP contribution in [0, 0.1) is 0 Å². The van der Waals surface area contributed by atoms with Gasteiger partial charge in [-0.25, -0.2) is 15.0 Å². The molecule has 1 aliphatic rings. The Hall–Kier alpha value is -3.81. The highest BCUT2D eigenvalue weighted by Crippen LogP contribution is 2.35. The van der Waals surface area contributed by atoms with Gasteiger partial charge in [-0.1, -0.05) is 36.4 Å². The average Bonchev–Trinajstić information content (AvgIpc) is 3.43. The molecule has 8 N–H and O–H groups in total. The van der Waals surface area contributed by atoms with Crippen molar-refractivity contribution in [2.45, 2.75) is 31.1 Å². The summed E-state index contributed by atoms with van der Waals surface area (Å²) in [5.74, 6) is 1.26. The number of nitrogen functional groups attached to an aromatic ring is 1. The van der Waals surface area contributed by atoms with Gasteiger partial charge in [0.05, 0.1) is 6.61 Å². The van der Waals surface area contributed by atoms with E-state index in [0.29, 0.717) is 36.8 Å². The smallest absolute Gasteiger partial charge is 0.207 e. The molecule has 37 heavy (non-hydrogen) atoms. The van der Waals surface area contributed by atoms with Crippen LogP contribution in [0.25, 0.3) is 22.3 Å². The number of nitrogens with zero attached hydrogens (tertiary/aromatic N) is 4. The van der Waals surface area contributed by atoms with E-state index >= 15 is 0 Å². The molecule has 0 unspecified atom stereocenters. The molecular formula is C25H29N7O5. The summed E-state index contributed by atoms with van der Waals surface area (Å²) in [5.41, 5.74) is 15.2. The van der Waals surface area contributed by atoms with Crippen LogP contribution in [0.3, 0.4) is 0 Å². The van der Waals surface area contributed by atoms with E-state index in [2.05, 4.69) is 20.3 Å². The van der Waals surface area contributed by atoms with Crippen LogP contribution in [0.15, 0.2) is 54.9 Å². The van der Waals surface area contributed by atoms with Crippen molar-refractivity contribution in [3.63, 3.8) is 0 Å². The molecule has 1 saturated heterocycles. The highest BCUT2D eigenvalue weighted by molar-refractivity contribution is 5.84. The maximum atomic E-state index is 10.6. The molecule has 2 aromatic carbocycles. The third-order valence-electron chi connectivity index (χ3n) is 6.24. The third-order valence-corrected chi connectivity index (χ3v) is 6.24. The van der Waals surface area contributed by atoms with E-state index in [0.717, 1.165) is 22.4 Å². The van der Waals surface area contributed by atoms with Gasteiger partial charge in [0.1, 0.15) is 37.0 Å². The van der Waals surface area contributed by atoms with Gasteiger partial charge in [-0.3, -0.25) is 4.57 Å². The zero-order chi connectivity index (χ0) is 25.9. The predicted molar refractivity (Wildman–Crippen MR) is 136 cm³/mol. The molecule has 4 atom stereocenters. The SMILES string of the molecule is NCCOc1cccc(-c2ccc(CNc3nc4c(N)ncnc4n3[C@@H]3O[C@H](CO)[C@@H](O)[C@H]3O)cc2)c1. The molecule has 0 bridgehead atoms. The number of benzene rings is 2. The highest BCUT2D eigenvalue weighted by Gasteiger charge is 2.45. The van der Waals surface area contributed by atoms with Crippen LogP contribution in [0.2, 0.25) is 0 Å². The number of anilines is 2. The van der Waals surface area contributed by atoms with Crippen LogP contribution in [0.1, 0.15) is 11.8 Å². The minimum absolute atomic E-state index is 0.167. The van der Waals surface area contributed by atoms with Gasteiger partial charge in [0.2, 0.25) is 5.95 Å². The van der Waals surface area contributed by atoms with Crippen molar-refractivity contribution in [3.8, 4) is 16.9 Å². The number of nitrogens with one attached hydrogen (secondary N) is 1. The first-order chi connectivity index (χ1) is 18.0. The first-order valence-electron chi connectivity index (χ1n) is 11.9. The lowest BCUT2D eigenvalue weighted by Gasteiger charge is -2.19. The Kier molecular flexibility index (Phi) is 7.17. The fraction of sp³-hybridized carbons (Fsp3) is 0.320. The third kappa shape index (κ3) is 4.92. The van der Waals surface area contributed by atoms with E-state index < -0.39 is 31.1 Å². The largest absolute Gasteiger partial charge is 0.492 e. The molecule has 0 radical (unpaired) electrons. The number of hydrogen-bond donors (Lipinski definition) is 6. The summed E-state index contributed by atoms with van der Waals surface area (Å²) < 4.78 is 12.9. The van der Waals surface area contributed by atoms with E-state index in [4.69, 9.17) is 20.9 Å². The summed E-state index contributed by atoms with van der Waals surface area (Å²) >= 11 is 0. The first-order valence-corrected chi connectivity index (χ1v) is 11.9. The highest BCUT2D eigenvalue weighted by atomic mass is 16.6. The average molecular weight is 508 g/mol. The van der Waals surface area contributed by atoms with E-state index in [1.165, 1.54) is 10.9 Å². The Labute approximate surface area is 212 Å². The van der Waals surface area contributed by atoms with Crippen molar-refractivity contribution in [1.29, 1.82) is 0 Å². The number of aromatic nitrogens is 4. The fourth-order valence-corrected chi connectivity index (χ4v) is 4.32. The van der Waals surface area contributed by atoms with Gasteiger partial charge in [-0.15, -0.1) is 0 Å². The fourth-order valence-electron chi connectivity index (χ4n) is 4.32. The van der Waals surface area contributed by atoms with Crippen LogP contribution in [-0.2, 0) is 11.3 Å². The zero-order valence-electron chi connectivity index (χ0n) is 19.9. The van der Waals surface area contributed by atoms with E-state index in [1.807, 2.05) is 48.5 Å². The predicted octanol–water partition coefficient (Wildman–Crippen LogP) is 0.637. The van der Waals surface area contributed by atoms with E-state index in [1.54, 1.807) is 0 Å². The monoisotopic (exact) mass is 507 g/mol. The van der Waals surface area contributed by atoms with Gasteiger partial charge in [0.25, 0.3) is 0 Å². The summed E-state index contributed by atoms with van der Waals surface area (Å²) in [6.07, 6.45) is -3.28. The molecule has 4 aromatic rings. The lowest BCUT2D eigenvalue weighted by Crippen LogP contribution is -2.33. The van der Waals surface area contributed by atoms with Gasteiger partial charge in [-0.05, 0) is 28.8 Å². The topological polar surface area (TPSA) is 187 Å². The van der Waals surface area contributed by atoms with Gasteiger partial charge >= 0.3 is 0 Å². The van der Waals surface area contributed by atoms with Gasteiger partial charge in [0, 0.05) is 13.1 Å². The standard InChI is InChI=1S/C25H29N7O5/c26-8-9-36-17-3-1-2-16(10-17)15-6-4-14(5-7-15)11-28-25-31-19-22(27)29-13-30-23(19)32(25)24-21(35)20(34)18(12-33)37-24/h1-7,10,13,18,20-21,24,33-35H,8-9,11-12,26H2,(H,28,31)(H2,27,29,30)/t18-,20-,21-,24-/m1/s1. The molecule has 0 saturated carbocycles. The Morgan fingerprint density at radius 1 is 1.05 bits per heavy atom. The van der Waals surface area contributed by atoms with Crippen molar-refractivity contribution >= 4 is 22.9 Å².